The lowest BCUT2D eigenvalue weighted by Crippen LogP contribution is -2.08. The first kappa shape index (κ1) is 13.3. The van der Waals surface area contributed by atoms with Crippen molar-refractivity contribution in [3.8, 4) is 0 Å². The fraction of sp³-hybridized carbons (Fsp3) is 0.818. The van der Waals surface area contributed by atoms with Gasteiger partial charge in [0, 0.05) is 6.42 Å². The highest BCUT2D eigenvalue weighted by molar-refractivity contribution is 5.99. The van der Waals surface area contributed by atoms with E-state index in [0.717, 1.165) is 19.3 Å². The minimum atomic E-state index is -1.01. The molecule has 0 rings (SSSR count). The van der Waals surface area contributed by atoms with Crippen molar-refractivity contribution < 1.29 is 14.0 Å². The lowest BCUT2D eigenvalue weighted by molar-refractivity contribution is -0.127. The van der Waals surface area contributed by atoms with Crippen LogP contribution in [-0.4, -0.2) is 18.2 Å². The van der Waals surface area contributed by atoms with Crippen molar-refractivity contribution in [2.24, 2.45) is 0 Å². The topological polar surface area (TPSA) is 34.1 Å². The van der Waals surface area contributed by atoms with Crippen LogP contribution in [0.25, 0.3) is 0 Å². The van der Waals surface area contributed by atoms with Gasteiger partial charge < -0.3 is 0 Å². The highest BCUT2D eigenvalue weighted by Crippen LogP contribution is 2.06. The zero-order chi connectivity index (χ0) is 10.8. The second-order valence-electron chi connectivity index (χ2n) is 3.55. The van der Waals surface area contributed by atoms with Gasteiger partial charge in [0.05, 0.1) is 6.42 Å². The van der Waals surface area contributed by atoms with Crippen molar-refractivity contribution in [1.29, 1.82) is 0 Å². The van der Waals surface area contributed by atoms with Crippen LogP contribution in [0.2, 0.25) is 0 Å². The molecule has 82 valence electrons. The summed E-state index contributed by atoms with van der Waals surface area (Å²) < 4.78 is 11.7. The standard InChI is InChI=1S/C11H19FO2/c1-2-3-4-5-6-7-10(13)8-11(14)9-12/h2-9H2,1H3. The third-order valence-electron chi connectivity index (χ3n) is 2.10. The maximum Gasteiger partial charge on any atom is 0.171 e. The van der Waals surface area contributed by atoms with Crippen molar-refractivity contribution in [1.82, 2.24) is 0 Å². The molecule has 0 aliphatic carbocycles. The van der Waals surface area contributed by atoms with Gasteiger partial charge in [0.25, 0.3) is 0 Å². The maximum absolute atomic E-state index is 11.7. The summed E-state index contributed by atoms with van der Waals surface area (Å²) in [6, 6.07) is 0. The summed E-state index contributed by atoms with van der Waals surface area (Å²) in [6.45, 7) is 1.12. The number of hydrogen-bond donors (Lipinski definition) is 0. The predicted molar refractivity (Wildman–Crippen MR) is 54.0 cm³/mol. The Bertz CT molecular complexity index is 178. The molecule has 0 aromatic carbocycles. The highest BCUT2D eigenvalue weighted by Gasteiger charge is 2.08. The molecule has 0 atom stereocenters. The third-order valence-corrected chi connectivity index (χ3v) is 2.10. The zero-order valence-electron chi connectivity index (χ0n) is 8.85. The third kappa shape index (κ3) is 7.90. The molecule has 0 radical (unpaired) electrons. The Morgan fingerprint density at radius 3 is 2.21 bits per heavy atom. The molecule has 0 N–H and O–H groups in total. The normalized spacial score (nSPS) is 10.1. The van der Waals surface area contributed by atoms with E-state index in [-0.39, 0.29) is 12.2 Å². The number of carbonyl (C=O) groups is 2. The van der Waals surface area contributed by atoms with Crippen molar-refractivity contribution in [2.75, 3.05) is 6.67 Å². The molecule has 0 aliphatic heterocycles. The SMILES string of the molecule is CCCCCCCC(=O)CC(=O)CF. The summed E-state index contributed by atoms with van der Waals surface area (Å²) in [5.74, 6) is -0.715. The number of alkyl halides is 1. The van der Waals surface area contributed by atoms with E-state index in [2.05, 4.69) is 6.92 Å². The van der Waals surface area contributed by atoms with Crippen LogP contribution in [-0.2, 0) is 9.59 Å². The number of unbranched alkanes of at least 4 members (excludes halogenated alkanes) is 4. The molecule has 0 heterocycles. The molecule has 0 saturated heterocycles. The molecule has 0 bridgehead atoms. The highest BCUT2D eigenvalue weighted by atomic mass is 19.1. The van der Waals surface area contributed by atoms with E-state index in [4.69, 9.17) is 0 Å². The Balaban J connectivity index is 3.31. The first-order valence-electron chi connectivity index (χ1n) is 5.30. The van der Waals surface area contributed by atoms with E-state index < -0.39 is 12.5 Å². The summed E-state index contributed by atoms with van der Waals surface area (Å²) in [5, 5.41) is 0. The first-order chi connectivity index (χ1) is 6.70. The van der Waals surface area contributed by atoms with Gasteiger partial charge in [-0.05, 0) is 6.42 Å². The van der Waals surface area contributed by atoms with Crippen molar-refractivity contribution >= 4 is 11.6 Å². The number of halogens is 1. The second-order valence-corrected chi connectivity index (χ2v) is 3.55. The van der Waals surface area contributed by atoms with Crippen LogP contribution >= 0.6 is 0 Å². The monoisotopic (exact) mass is 202 g/mol. The predicted octanol–water partition coefficient (Wildman–Crippen LogP) is 2.84. The molecule has 14 heavy (non-hydrogen) atoms. The number of ketones is 2. The van der Waals surface area contributed by atoms with Crippen LogP contribution in [0.5, 0.6) is 0 Å². The summed E-state index contributed by atoms with van der Waals surface area (Å²) in [7, 11) is 0. The Morgan fingerprint density at radius 1 is 1.00 bits per heavy atom. The Morgan fingerprint density at radius 2 is 1.64 bits per heavy atom. The van der Waals surface area contributed by atoms with Gasteiger partial charge in [-0.3, -0.25) is 9.59 Å². The van der Waals surface area contributed by atoms with Gasteiger partial charge in [-0.1, -0.05) is 32.6 Å². The quantitative estimate of drug-likeness (QED) is 0.425. The van der Waals surface area contributed by atoms with E-state index in [1.807, 2.05) is 0 Å². The van der Waals surface area contributed by atoms with E-state index in [1.165, 1.54) is 12.8 Å². The Hall–Kier alpha value is -0.730. The minimum Gasteiger partial charge on any atom is -0.299 e. The number of hydrogen-bond acceptors (Lipinski definition) is 2. The fourth-order valence-electron chi connectivity index (χ4n) is 1.28. The molecule has 0 aliphatic rings. The largest absolute Gasteiger partial charge is 0.299 e. The molecule has 0 saturated carbocycles. The summed E-state index contributed by atoms with van der Waals surface area (Å²) in [5.41, 5.74) is 0. The fourth-order valence-corrected chi connectivity index (χ4v) is 1.28. The van der Waals surface area contributed by atoms with Gasteiger partial charge in [-0.25, -0.2) is 4.39 Å². The van der Waals surface area contributed by atoms with E-state index in [9.17, 15) is 14.0 Å². The molecule has 3 heteroatoms. The first-order valence-corrected chi connectivity index (χ1v) is 5.30. The van der Waals surface area contributed by atoms with Gasteiger partial charge in [0.1, 0.15) is 12.5 Å². The Labute approximate surface area is 84.9 Å². The zero-order valence-corrected chi connectivity index (χ0v) is 8.85. The minimum absolute atomic E-state index is 0.121. The van der Waals surface area contributed by atoms with Crippen LogP contribution in [0.1, 0.15) is 51.9 Å². The van der Waals surface area contributed by atoms with Crippen LogP contribution in [0.4, 0.5) is 4.39 Å². The van der Waals surface area contributed by atoms with Crippen molar-refractivity contribution in [2.45, 2.75) is 51.9 Å². The summed E-state index contributed by atoms with van der Waals surface area (Å²) in [6.07, 6.45) is 5.58. The lowest BCUT2D eigenvalue weighted by Gasteiger charge is -1.99. The van der Waals surface area contributed by atoms with Gasteiger partial charge in [0.2, 0.25) is 0 Å². The maximum atomic E-state index is 11.7. The molecular formula is C11H19FO2. The van der Waals surface area contributed by atoms with Crippen LogP contribution in [0.3, 0.4) is 0 Å². The summed E-state index contributed by atoms with van der Waals surface area (Å²) in [4.78, 5) is 21.6. The summed E-state index contributed by atoms with van der Waals surface area (Å²) >= 11 is 0. The Kier molecular flexibility index (Phi) is 8.39. The van der Waals surface area contributed by atoms with Crippen LogP contribution < -0.4 is 0 Å². The smallest absolute Gasteiger partial charge is 0.171 e. The van der Waals surface area contributed by atoms with E-state index in [0.29, 0.717) is 6.42 Å². The molecule has 0 spiro atoms. The lowest BCUT2D eigenvalue weighted by atomic mass is 10.1. The molecule has 0 aromatic rings. The van der Waals surface area contributed by atoms with Crippen LogP contribution in [0.15, 0.2) is 0 Å². The number of Topliss-reactive ketones (excluding diaryl/α,β-unsaturated/α-hetero) is 2. The molecule has 0 amide bonds. The van der Waals surface area contributed by atoms with Gasteiger partial charge in [-0.15, -0.1) is 0 Å². The van der Waals surface area contributed by atoms with Gasteiger partial charge >= 0.3 is 0 Å². The van der Waals surface area contributed by atoms with E-state index in [1.54, 1.807) is 0 Å². The molecule has 0 fully saturated rings. The van der Waals surface area contributed by atoms with E-state index >= 15 is 0 Å². The molecule has 0 unspecified atom stereocenters. The molecule has 2 nitrogen and oxygen atoms in total. The number of carbonyl (C=O) groups excluding carboxylic acids is 2. The van der Waals surface area contributed by atoms with Gasteiger partial charge in [0.15, 0.2) is 5.78 Å². The molecular weight excluding hydrogens is 183 g/mol. The second kappa shape index (κ2) is 8.85. The average molecular weight is 202 g/mol. The average Bonchev–Trinajstić information content (AvgIpc) is 2.17. The number of rotatable bonds is 9. The van der Waals surface area contributed by atoms with Gasteiger partial charge in [-0.2, -0.15) is 0 Å². The van der Waals surface area contributed by atoms with Crippen molar-refractivity contribution in [3.05, 3.63) is 0 Å². The molecule has 0 aromatic heterocycles. The van der Waals surface area contributed by atoms with Crippen LogP contribution in [0, 0.1) is 0 Å². The van der Waals surface area contributed by atoms with Crippen molar-refractivity contribution in [3.63, 3.8) is 0 Å².